The van der Waals surface area contributed by atoms with Gasteiger partial charge < -0.3 is 0 Å². The Hall–Kier alpha value is -1.18. The van der Waals surface area contributed by atoms with Gasteiger partial charge in [0.15, 0.2) is 0 Å². The van der Waals surface area contributed by atoms with E-state index in [1.165, 1.54) is 0 Å². The number of thiazole rings is 1. The third-order valence-electron chi connectivity index (χ3n) is 2.53. The van der Waals surface area contributed by atoms with E-state index < -0.39 is 0 Å². The van der Waals surface area contributed by atoms with E-state index in [4.69, 9.17) is 5.26 Å². The van der Waals surface area contributed by atoms with Crippen LogP contribution in [-0.2, 0) is 0 Å². The highest BCUT2D eigenvalue weighted by Crippen LogP contribution is 2.31. The van der Waals surface area contributed by atoms with Crippen LogP contribution < -0.4 is 0 Å². The Morgan fingerprint density at radius 1 is 1.47 bits per heavy atom. The first-order chi connectivity index (χ1) is 8.26. The van der Waals surface area contributed by atoms with Crippen LogP contribution in [-0.4, -0.2) is 4.98 Å². The van der Waals surface area contributed by atoms with E-state index in [2.05, 4.69) is 27.0 Å². The molecule has 2 nitrogen and oxygen atoms in total. The fraction of sp³-hybridized carbons (Fsp3) is 0.231. The van der Waals surface area contributed by atoms with Crippen molar-refractivity contribution in [3.8, 4) is 17.3 Å². The van der Waals surface area contributed by atoms with Gasteiger partial charge in [0.05, 0.1) is 17.7 Å². The zero-order valence-electron chi connectivity index (χ0n) is 9.35. The molecule has 0 saturated carbocycles. The van der Waals surface area contributed by atoms with Gasteiger partial charge >= 0.3 is 0 Å². The van der Waals surface area contributed by atoms with Crippen LogP contribution in [0.15, 0.2) is 34.1 Å². The quantitative estimate of drug-likeness (QED) is 0.831. The summed E-state index contributed by atoms with van der Waals surface area (Å²) in [6, 6.07) is 10.3. The molecule has 4 heteroatoms. The lowest BCUT2D eigenvalue weighted by atomic mass is 10.1. The van der Waals surface area contributed by atoms with Gasteiger partial charge in [-0.15, -0.1) is 11.3 Å². The van der Waals surface area contributed by atoms with Crippen molar-refractivity contribution in [2.24, 2.45) is 0 Å². The van der Waals surface area contributed by atoms with Crippen molar-refractivity contribution in [1.29, 1.82) is 5.26 Å². The summed E-state index contributed by atoms with van der Waals surface area (Å²) in [7, 11) is 0. The van der Waals surface area contributed by atoms with Crippen LogP contribution in [0.1, 0.15) is 24.3 Å². The summed E-state index contributed by atoms with van der Waals surface area (Å²) in [4.78, 5) is 4.55. The molecule has 2 rings (SSSR count). The van der Waals surface area contributed by atoms with Crippen molar-refractivity contribution in [3.63, 3.8) is 0 Å². The molecule has 0 amide bonds. The molecular formula is C13H11BrN2S. The molecule has 0 aliphatic rings. The van der Waals surface area contributed by atoms with E-state index in [1.54, 1.807) is 11.3 Å². The summed E-state index contributed by atoms with van der Waals surface area (Å²) in [5.41, 5.74) is 2.01. The molecule has 0 bridgehead atoms. The maximum atomic E-state index is 9.02. The maximum absolute atomic E-state index is 9.02. The monoisotopic (exact) mass is 306 g/mol. The van der Waals surface area contributed by atoms with Crippen molar-refractivity contribution < 1.29 is 0 Å². The lowest BCUT2D eigenvalue weighted by molar-refractivity contribution is 0.810. The molecule has 0 radical (unpaired) electrons. The Morgan fingerprint density at radius 2 is 2.24 bits per heavy atom. The van der Waals surface area contributed by atoms with Crippen molar-refractivity contribution >= 4 is 27.3 Å². The van der Waals surface area contributed by atoms with Crippen LogP contribution in [0.4, 0.5) is 0 Å². The second-order valence-corrected chi connectivity index (χ2v) is 5.38. The molecule has 17 heavy (non-hydrogen) atoms. The van der Waals surface area contributed by atoms with Crippen LogP contribution in [0.25, 0.3) is 11.3 Å². The van der Waals surface area contributed by atoms with Crippen molar-refractivity contribution in [2.45, 2.75) is 19.3 Å². The van der Waals surface area contributed by atoms with Crippen LogP contribution >= 0.6 is 27.3 Å². The second kappa shape index (κ2) is 5.44. The molecule has 0 saturated heterocycles. The number of nitrogens with zero attached hydrogens (tertiary/aromatic N) is 2. The fourth-order valence-electron chi connectivity index (χ4n) is 1.56. The second-order valence-electron chi connectivity index (χ2n) is 3.64. The maximum Gasteiger partial charge on any atom is 0.110 e. The topological polar surface area (TPSA) is 36.7 Å². The van der Waals surface area contributed by atoms with Gasteiger partial charge in [0.2, 0.25) is 0 Å². The Morgan fingerprint density at radius 3 is 2.88 bits per heavy atom. The van der Waals surface area contributed by atoms with Gasteiger partial charge in [0.1, 0.15) is 5.01 Å². The Balaban J connectivity index is 2.37. The number of aromatic nitrogens is 1. The summed E-state index contributed by atoms with van der Waals surface area (Å²) < 4.78 is 1.03. The number of halogens is 1. The lowest BCUT2D eigenvalue weighted by Crippen LogP contribution is -1.92. The third-order valence-corrected chi connectivity index (χ3v) is 4.18. The van der Waals surface area contributed by atoms with Crippen LogP contribution in [0.2, 0.25) is 0 Å². The first-order valence-electron chi connectivity index (χ1n) is 5.36. The highest BCUT2D eigenvalue weighted by molar-refractivity contribution is 9.10. The molecule has 86 valence electrons. The van der Waals surface area contributed by atoms with Crippen LogP contribution in [0.5, 0.6) is 0 Å². The molecule has 0 aliphatic carbocycles. The minimum absolute atomic E-state index is 0.0868. The molecule has 1 heterocycles. The van der Waals surface area contributed by atoms with Gasteiger partial charge in [-0.1, -0.05) is 41.1 Å². The van der Waals surface area contributed by atoms with E-state index in [1.807, 2.05) is 36.6 Å². The molecule has 1 unspecified atom stereocenters. The minimum Gasteiger partial charge on any atom is -0.240 e. The normalized spacial score (nSPS) is 12.1. The van der Waals surface area contributed by atoms with E-state index in [9.17, 15) is 0 Å². The van der Waals surface area contributed by atoms with E-state index in [-0.39, 0.29) is 5.92 Å². The molecule has 1 aromatic carbocycles. The van der Waals surface area contributed by atoms with Crippen molar-refractivity contribution in [1.82, 2.24) is 4.98 Å². The molecule has 1 atom stereocenters. The fourth-order valence-corrected chi connectivity index (χ4v) is 3.00. The summed E-state index contributed by atoms with van der Waals surface area (Å²) in [5, 5.41) is 11.9. The van der Waals surface area contributed by atoms with Crippen LogP contribution in [0.3, 0.4) is 0 Å². The van der Waals surface area contributed by atoms with Gasteiger partial charge in [0.25, 0.3) is 0 Å². The standard InChI is InChI=1S/C13H11BrN2S/c1-2-9(7-15)13-16-12(8-17-13)10-5-3-4-6-11(10)14/h3-6,8-9H,2H2,1H3. The largest absolute Gasteiger partial charge is 0.240 e. The first-order valence-corrected chi connectivity index (χ1v) is 7.03. The van der Waals surface area contributed by atoms with Crippen molar-refractivity contribution in [2.75, 3.05) is 0 Å². The predicted octanol–water partition coefficient (Wildman–Crippen LogP) is 4.59. The molecular weight excluding hydrogens is 296 g/mol. The zero-order valence-corrected chi connectivity index (χ0v) is 11.8. The number of nitriles is 1. The summed E-state index contributed by atoms with van der Waals surface area (Å²) in [5.74, 6) is -0.0868. The lowest BCUT2D eigenvalue weighted by Gasteiger charge is -2.01. The van der Waals surface area contributed by atoms with E-state index in [0.717, 1.165) is 27.2 Å². The smallest absolute Gasteiger partial charge is 0.110 e. The van der Waals surface area contributed by atoms with Gasteiger partial charge in [-0.05, 0) is 12.5 Å². The number of hydrogen-bond donors (Lipinski definition) is 0. The van der Waals surface area contributed by atoms with E-state index >= 15 is 0 Å². The molecule has 0 spiro atoms. The Bertz CT molecular complexity index is 557. The Labute approximate surface area is 113 Å². The molecule has 0 fully saturated rings. The van der Waals surface area contributed by atoms with E-state index in [0.29, 0.717) is 0 Å². The first kappa shape index (κ1) is 12.3. The summed E-state index contributed by atoms with van der Waals surface area (Å²) in [6.07, 6.45) is 0.805. The molecule has 1 aromatic heterocycles. The summed E-state index contributed by atoms with van der Waals surface area (Å²) >= 11 is 5.07. The number of hydrogen-bond acceptors (Lipinski definition) is 3. The minimum atomic E-state index is -0.0868. The number of benzene rings is 1. The van der Waals surface area contributed by atoms with Crippen LogP contribution in [0, 0.1) is 11.3 Å². The SMILES string of the molecule is CCC(C#N)c1nc(-c2ccccc2Br)cs1. The van der Waals surface area contributed by atoms with Crippen molar-refractivity contribution in [3.05, 3.63) is 39.1 Å². The van der Waals surface area contributed by atoms with Gasteiger partial charge in [-0.25, -0.2) is 4.98 Å². The zero-order chi connectivity index (χ0) is 12.3. The molecule has 2 aromatic rings. The molecule has 0 aliphatic heterocycles. The average molecular weight is 307 g/mol. The number of rotatable bonds is 3. The van der Waals surface area contributed by atoms with Gasteiger partial charge in [-0.2, -0.15) is 5.26 Å². The Kier molecular flexibility index (Phi) is 3.93. The highest BCUT2D eigenvalue weighted by Gasteiger charge is 2.14. The average Bonchev–Trinajstić information content (AvgIpc) is 2.81. The van der Waals surface area contributed by atoms with Gasteiger partial charge in [0, 0.05) is 15.4 Å². The highest BCUT2D eigenvalue weighted by atomic mass is 79.9. The predicted molar refractivity (Wildman–Crippen MR) is 73.9 cm³/mol. The molecule has 0 N–H and O–H groups in total. The third kappa shape index (κ3) is 2.56. The summed E-state index contributed by atoms with van der Waals surface area (Å²) in [6.45, 7) is 2.01. The van der Waals surface area contributed by atoms with Gasteiger partial charge in [-0.3, -0.25) is 0 Å².